The van der Waals surface area contributed by atoms with Gasteiger partial charge in [0.1, 0.15) is 11.6 Å². The number of hydrogen-bond acceptors (Lipinski definition) is 5. The van der Waals surface area contributed by atoms with Crippen molar-refractivity contribution >= 4 is 29.0 Å². The van der Waals surface area contributed by atoms with Gasteiger partial charge in [0, 0.05) is 24.7 Å². The van der Waals surface area contributed by atoms with Crippen molar-refractivity contribution in [2.24, 2.45) is 0 Å². The maximum absolute atomic E-state index is 13.9. The Balaban J connectivity index is 1.84. The molecule has 0 aliphatic carbocycles. The number of amides is 1. The zero-order chi connectivity index (χ0) is 32.1. The molecule has 2 aromatic carbocycles. The van der Waals surface area contributed by atoms with Crippen LogP contribution in [-0.4, -0.2) is 53.4 Å². The van der Waals surface area contributed by atoms with Crippen LogP contribution in [0.1, 0.15) is 37.0 Å². The van der Waals surface area contributed by atoms with Gasteiger partial charge in [-0.3, -0.25) is 4.79 Å². The normalized spacial score (nSPS) is 17.8. The van der Waals surface area contributed by atoms with E-state index in [9.17, 15) is 45.7 Å². The quantitative estimate of drug-likeness (QED) is 0.305. The summed E-state index contributed by atoms with van der Waals surface area (Å²) in [5.74, 6) is -1.25. The third-order valence-electron chi connectivity index (χ3n) is 7.50. The first kappa shape index (κ1) is 32.5. The first-order valence-corrected chi connectivity index (χ1v) is 13.3. The molecule has 2 atom stereocenters. The van der Waals surface area contributed by atoms with E-state index in [0.717, 1.165) is 17.0 Å². The summed E-state index contributed by atoms with van der Waals surface area (Å²) in [6.07, 6.45) is -9.46. The molecule has 1 saturated heterocycles. The number of carbonyl (C=O) groups is 1. The summed E-state index contributed by atoms with van der Waals surface area (Å²) in [4.78, 5) is 20.9. The van der Waals surface area contributed by atoms with Crippen LogP contribution in [0.15, 0.2) is 48.7 Å². The topological polar surface area (TPSA) is 76.9 Å². The molecule has 1 aliphatic heterocycles. The number of carbonyl (C=O) groups excluding carboxylic acids is 1. The lowest BCUT2D eigenvalue weighted by Crippen LogP contribution is -2.42. The zero-order valence-electron chi connectivity index (χ0n) is 23.1. The van der Waals surface area contributed by atoms with Crippen LogP contribution in [-0.2, 0) is 22.6 Å². The Bertz CT molecular complexity index is 1500. The number of likely N-dealkylation sites (N-methyl/N-ethyl adjacent to an activating group) is 1. The number of hydrogen-bond donors (Lipinski definition) is 2. The van der Waals surface area contributed by atoms with Gasteiger partial charge in [-0.25, -0.2) is 9.37 Å². The Morgan fingerprint density at radius 3 is 2.12 bits per heavy atom. The Morgan fingerprint density at radius 1 is 1.00 bits per heavy atom. The van der Waals surface area contributed by atoms with Crippen molar-refractivity contribution in [3.63, 3.8) is 0 Å². The van der Waals surface area contributed by atoms with Crippen molar-refractivity contribution in [2.75, 3.05) is 30.0 Å². The molecule has 3 aromatic rings. The number of anilines is 2. The number of β-amino-alcohol motifs (C(OH)–C–C–N with tert-alkyl or cyclic N) is 1. The van der Waals surface area contributed by atoms with Crippen LogP contribution in [0.4, 0.5) is 42.2 Å². The van der Waals surface area contributed by atoms with Crippen LogP contribution < -0.4 is 9.80 Å². The van der Waals surface area contributed by atoms with Crippen molar-refractivity contribution in [1.82, 2.24) is 4.98 Å². The number of halogens is 8. The predicted molar refractivity (Wildman–Crippen MR) is 146 cm³/mol. The molecule has 6 nitrogen and oxygen atoms in total. The maximum atomic E-state index is 13.9. The lowest BCUT2D eigenvalue weighted by molar-refractivity contribution is -0.143. The zero-order valence-corrected chi connectivity index (χ0v) is 23.8. The highest BCUT2D eigenvalue weighted by Gasteiger charge is 2.41. The van der Waals surface area contributed by atoms with Gasteiger partial charge in [-0.05, 0) is 68.3 Å². The minimum Gasteiger partial charge on any atom is -0.394 e. The fourth-order valence-corrected chi connectivity index (χ4v) is 5.37. The molecule has 43 heavy (non-hydrogen) atoms. The molecule has 0 spiro atoms. The minimum atomic E-state index is -5.11. The van der Waals surface area contributed by atoms with Crippen molar-refractivity contribution < 1.29 is 45.7 Å². The number of alkyl halides is 6. The van der Waals surface area contributed by atoms with Crippen molar-refractivity contribution in [3.8, 4) is 11.1 Å². The van der Waals surface area contributed by atoms with E-state index in [-0.39, 0.29) is 53.3 Å². The van der Waals surface area contributed by atoms with E-state index in [0.29, 0.717) is 12.1 Å². The van der Waals surface area contributed by atoms with Gasteiger partial charge in [0.2, 0.25) is 5.91 Å². The summed E-state index contributed by atoms with van der Waals surface area (Å²) in [7, 11) is 1.27. The second kappa shape index (κ2) is 11.6. The molecule has 2 unspecified atom stereocenters. The molecule has 0 bridgehead atoms. The van der Waals surface area contributed by atoms with E-state index in [2.05, 4.69) is 4.98 Å². The summed E-state index contributed by atoms with van der Waals surface area (Å²) in [6.45, 7) is 2.24. The third-order valence-corrected chi connectivity index (χ3v) is 7.81. The summed E-state index contributed by atoms with van der Waals surface area (Å²) in [6, 6.07) is 5.51. The van der Waals surface area contributed by atoms with Crippen LogP contribution in [0.2, 0.25) is 5.02 Å². The van der Waals surface area contributed by atoms with E-state index in [1.54, 1.807) is 4.90 Å². The van der Waals surface area contributed by atoms with E-state index < -0.39 is 58.3 Å². The number of aliphatic hydroxyl groups excluding tert-OH is 2. The molecular formula is C29H27ClF7N3O3. The predicted octanol–water partition coefficient (Wildman–Crippen LogP) is 6.45. The Hall–Kier alpha value is -3.42. The SMILES string of the molecule is CN(C(=O)C(C)(C)c1cc(C(F)(F)F)cc(C(F)(F)F)c1)c1cnc(N2CC(O)CC2CO)cc1-c1ccc(F)cc1Cl. The van der Waals surface area contributed by atoms with E-state index in [1.165, 1.54) is 39.2 Å². The highest BCUT2D eigenvalue weighted by molar-refractivity contribution is 6.33. The molecule has 232 valence electrons. The number of aliphatic hydroxyl groups is 2. The summed E-state index contributed by atoms with van der Waals surface area (Å²) < 4.78 is 95.2. The summed E-state index contributed by atoms with van der Waals surface area (Å²) >= 11 is 6.35. The molecule has 2 heterocycles. The Morgan fingerprint density at radius 2 is 1.58 bits per heavy atom. The smallest absolute Gasteiger partial charge is 0.394 e. The first-order chi connectivity index (χ1) is 19.8. The monoisotopic (exact) mass is 633 g/mol. The second-order valence-corrected chi connectivity index (χ2v) is 11.3. The van der Waals surface area contributed by atoms with Gasteiger partial charge in [0.15, 0.2) is 0 Å². The van der Waals surface area contributed by atoms with Crippen LogP contribution in [0, 0.1) is 5.82 Å². The number of rotatable bonds is 6. The number of benzene rings is 2. The van der Waals surface area contributed by atoms with Gasteiger partial charge in [-0.2, -0.15) is 26.3 Å². The minimum absolute atomic E-state index is 0.0139. The molecular weight excluding hydrogens is 607 g/mol. The second-order valence-electron chi connectivity index (χ2n) is 10.8. The number of aromatic nitrogens is 1. The molecule has 4 rings (SSSR count). The molecule has 1 aromatic heterocycles. The average Bonchev–Trinajstić information content (AvgIpc) is 3.31. The number of pyridine rings is 1. The van der Waals surface area contributed by atoms with Crippen molar-refractivity contribution in [2.45, 2.75) is 50.2 Å². The molecule has 2 N–H and O–H groups in total. The number of nitrogens with zero attached hydrogens (tertiary/aromatic N) is 3. The summed E-state index contributed by atoms with van der Waals surface area (Å²) in [5.41, 5.74) is -4.99. The van der Waals surface area contributed by atoms with Crippen LogP contribution in [0.5, 0.6) is 0 Å². The van der Waals surface area contributed by atoms with Crippen molar-refractivity contribution in [3.05, 3.63) is 76.2 Å². The van der Waals surface area contributed by atoms with Crippen LogP contribution >= 0.6 is 11.6 Å². The van der Waals surface area contributed by atoms with E-state index in [4.69, 9.17) is 11.6 Å². The van der Waals surface area contributed by atoms with E-state index in [1.807, 2.05) is 0 Å². The van der Waals surface area contributed by atoms with E-state index >= 15 is 0 Å². The largest absolute Gasteiger partial charge is 0.416 e. The highest BCUT2D eigenvalue weighted by Crippen LogP contribution is 2.42. The molecule has 0 radical (unpaired) electrons. The van der Waals surface area contributed by atoms with Gasteiger partial charge in [-0.1, -0.05) is 11.6 Å². The molecule has 1 fully saturated rings. The van der Waals surface area contributed by atoms with Crippen LogP contribution in [0.25, 0.3) is 11.1 Å². The molecule has 1 aliphatic rings. The molecule has 0 saturated carbocycles. The molecule has 14 heteroatoms. The Kier molecular flexibility index (Phi) is 8.75. The van der Waals surface area contributed by atoms with Gasteiger partial charge in [-0.15, -0.1) is 0 Å². The lowest BCUT2D eigenvalue weighted by Gasteiger charge is -2.32. The average molecular weight is 634 g/mol. The van der Waals surface area contributed by atoms with Crippen LogP contribution in [0.3, 0.4) is 0 Å². The molecule has 1 amide bonds. The van der Waals surface area contributed by atoms with Gasteiger partial charge >= 0.3 is 12.4 Å². The first-order valence-electron chi connectivity index (χ1n) is 12.9. The fourth-order valence-electron chi connectivity index (χ4n) is 5.10. The highest BCUT2D eigenvalue weighted by atomic mass is 35.5. The van der Waals surface area contributed by atoms with Gasteiger partial charge in [0.05, 0.1) is 52.2 Å². The maximum Gasteiger partial charge on any atom is 0.416 e. The van der Waals surface area contributed by atoms with Gasteiger partial charge in [0.25, 0.3) is 0 Å². The third kappa shape index (κ3) is 6.58. The fraction of sp³-hybridized carbons (Fsp3) is 0.379. The van der Waals surface area contributed by atoms with Crippen molar-refractivity contribution in [1.29, 1.82) is 0 Å². The Labute approximate surface area is 247 Å². The summed E-state index contributed by atoms with van der Waals surface area (Å²) in [5, 5.41) is 19.9. The lowest BCUT2D eigenvalue weighted by atomic mass is 9.81. The van der Waals surface area contributed by atoms with Gasteiger partial charge < -0.3 is 20.0 Å². The standard InChI is InChI=1S/C29H27ClF7N3O3/c1-27(2,15-6-16(28(32,33)34)8-17(7-15)29(35,36)37)26(43)39(3)24-12-38-25(40-13-20(42)10-19(40)14-41)11-22(24)21-5-4-18(31)9-23(21)30/h4-9,11-12,19-20,41-42H,10,13-14H2,1-3H3.